The highest BCUT2D eigenvalue weighted by Crippen LogP contribution is 2.28. The van der Waals surface area contributed by atoms with Gasteiger partial charge in [0.2, 0.25) is 0 Å². The summed E-state index contributed by atoms with van der Waals surface area (Å²) in [5, 5.41) is 0.427. The molecule has 0 spiro atoms. The number of nitrogen functional groups attached to an aromatic ring is 2. The summed E-state index contributed by atoms with van der Waals surface area (Å²) in [5.74, 6) is 0. The molecule has 6 heteroatoms. The molecule has 4 nitrogen and oxygen atoms in total. The van der Waals surface area contributed by atoms with E-state index in [1.165, 1.54) is 81.3 Å². The standard InChI is InChI=1S/C29H42N2O2S2/c30-24-18-14-16-20-26(24)34-28(32)22-12-10-8-6-4-2-1-3-5-7-9-11-13-23-29(33)35-27-21-17-15-19-25(27)31/h14-21H,1-13,22-23,30-31H2. The van der Waals surface area contributed by atoms with Crippen LogP contribution in [0.15, 0.2) is 58.3 Å². The van der Waals surface area contributed by atoms with Gasteiger partial charge in [0.15, 0.2) is 10.2 Å². The number of para-hydroxylation sites is 2. The molecule has 0 atom stereocenters. The van der Waals surface area contributed by atoms with Gasteiger partial charge in [0.25, 0.3) is 0 Å². The van der Waals surface area contributed by atoms with E-state index in [-0.39, 0.29) is 10.2 Å². The predicted octanol–water partition coefficient (Wildman–Crippen LogP) is 8.64. The maximum absolute atomic E-state index is 12.1. The lowest BCUT2D eigenvalue weighted by Gasteiger charge is -2.05. The normalized spacial score (nSPS) is 11.0. The first-order valence-electron chi connectivity index (χ1n) is 13.2. The van der Waals surface area contributed by atoms with Crippen molar-refractivity contribution in [3.8, 4) is 0 Å². The van der Waals surface area contributed by atoms with E-state index in [1.807, 2.05) is 48.5 Å². The molecule has 35 heavy (non-hydrogen) atoms. The highest BCUT2D eigenvalue weighted by atomic mass is 32.2. The van der Waals surface area contributed by atoms with Gasteiger partial charge in [0.05, 0.1) is 0 Å². The Balaban J connectivity index is 1.32. The molecule has 0 heterocycles. The molecule has 0 aliphatic rings. The van der Waals surface area contributed by atoms with Crippen LogP contribution in [-0.2, 0) is 9.59 Å². The molecule has 4 N–H and O–H groups in total. The van der Waals surface area contributed by atoms with Gasteiger partial charge in [-0.1, -0.05) is 94.9 Å². The van der Waals surface area contributed by atoms with E-state index in [0.717, 1.165) is 35.5 Å². The summed E-state index contributed by atoms with van der Waals surface area (Å²) >= 11 is 2.55. The molecular formula is C29H42N2O2S2. The number of thioether (sulfide) groups is 2. The van der Waals surface area contributed by atoms with Crippen molar-refractivity contribution < 1.29 is 9.59 Å². The number of rotatable bonds is 18. The van der Waals surface area contributed by atoms with E-state index >= 15 is 0 Å². The lowest BCUT2D eigenvalue weighted by molar-refractivity contribution is -0.111. The third-order valence-electron chi connectivity index (χ3n) is 6.05. The largest absolute Gasteiger partial charge is 0.398 e. The zero-order valence-corrected chi connectivity index (χ0v) is 22.6. The van der Waals surface area contributed by atoms with Crippen molar-refractivity contribution in [2.24, 2.45) is 0 Å². The lowest BCUT2D eigenvalue weighted by Crippen LogP contribution is -1.94. The molecule has 0 amide bonds. The minimum absolute atomic E-state index is 0.214. The van der Waals surface area contributed by atoms with Crippen LogP contribution in [0.5, 0.6) is 0 Å². The van der Waals surface area contributed by atoms with Crippen molar-refractivity contribution in [3.63, 3.8) is 0 Å². The molecule has 0 aliphatic heterocycles. The van der Waals surface area contributed by atoms with E-state index in [1.54, 1.807) is 0 Å². The fraction of sp³-hybridized carbons (Fsp3) is 0.517. The second-order valence-electron chi connectivity index (χ2n) is 9.12. The molecule has 0 saturated carbocycles. The van der Waals surface area contributed by atoms with Crippen molar-refractivity contribution in [2.75, 3.05) is 11.5 Å². The minimum atomic E-state index is 0.214. The Morgan fingerprint density at radius 2 is 0.771 bits per heavy atom. The maximum Gasteiger partial charge on any atom is 0.193 e. The van der Waals surface area contributed by atoms with Crippen molar-refractivity contribution in [3.05, 3.63) is 48.5 Å². The van der Waals surface area contributed by atoms with Gasteiger partial charge in [-0.3, -0.25) is 9.59 Å². The van der Waals surface area contributed by atoms with Gasteiger partial charge < -0.3 is 11.5 Å². The molecule has 2 aromatic rings. The maximum atomic E-state index is 12.1. The molecule has 0 fully saturated rings. The summed E-state index contributed by atoms with van der Waals surface area (Å²) in [7, 11) is 0. The molecule has 0 aliphatic carbocycles. The molecule has 2 rings (SSSR count). The van der Waals surface area contributed by atoms with Crippen LogP contribution in [0.2, 0.25) is 0 Å². The SMILES string of the molecule is Nc1ccccc1SC(=O)CCCCCCCCCCCCCCCC(=O)Sc1ccccc1N. The van der Waals surface area contributed by atoms with Crippen molar-refractivity contribution in [1.29, 1.82) is 0 Å². The summed E-state index contributed by atoms with van der Waals surface area (Å²) in [5.41, 5.74) is 13.2. The summed E-state index contributed by atoms with van der Waals surface area (Å²) < 4.78 is 0. The highest BCUT2D eigenvalue weighted by molar-refractivity contribution is 8.14. The first-order valence-corrected chi connectivity index (χ1v) is 14.8. The molecule has 0 radical (unpaired) electrons. The minimum Gasteiger partial charge on any atom is -0.398 e. The number of benzene rings is 2. The average Bonchev–Trinajstić information content (AvgIpc) is 2.84. The Bertz CT molecular complexity index is 817. The highest BCUT2D eigenvalue weighted by Gasteiger charge is 2.08. The molecule has 2 aromatic carbocycles. The zero-order chi connectivity index (χ0) is 25.1. The van der Waals surface area contributed by atoms with E-state index in [9.17, 15) is 9.59 Å². The van der Waals surface area contributed by atoms with Crippen molar-refractivity contribution in [2.45, 2.75) is 106 Å². The number of unbranched alkanes of at least 4 members (excludes halogenated alkanes) is 12. The Hall–Kier alpha value is -1.92. The first-order chi connectivity index (χ1) is 17.1. The summed E-state index contributed by atoms with van der Waals surface area (Å²) in [4.78, 5) is 25.9. The molecule has 0 bridgehead atoms. The van der Waals surface area contributed by atoms with Gasteiger partial charge in [0, 0.05) is 34.0 Å². The fourth-order valence-electron chi connectivity index (χ4n) is 3.98. The number of carbonyl (C=O) groups excluding carboxylic acids is 2. The third kappa shape index (κ3) is 13.7. The Labute approximate surface area is 220 Å². The van der Waals surface area contributed by atoms with Crippen molar-refractivity contribution >= 4 is 45.1 Å². The Morgan fingerprint density at radius 1 is 0.486 bits per heavy atom. The molecular weight excluding hydrogens is 472 g/mol. The first kappa shape index (κ1) is 29.3. The number of hydrogen-bond acceptors (Lipinski definition) is 6. The molecule has 0 aromatic heterocycles. The van der Waals surface area contributed by atoms with E-state index in [4.69, 9.17) is 11.5 Å². The Kier molecular flexibility index (Phi) is 15.4. The monoisotopic (exact) mass is 514 g/mol. The molecule has 0 unspecified atom stereocenters. The van der Waals surface area contributed by atoms with Gasteiger partial charge in [0.1, 0.15) is 0 Å². The number of anilines is 2. The van der Waals surface area contributed by atoms with Crippen LogP contribution < -0.4 is 11.5 Å². The van der Waals surface area contributed by atoms with Crippen LogP contribution in [-0.4, -0.2) is 10.2 Å². The van der Waals surface area contributed by atoms with Crippen LogP contribution in [0, 0.1) is 0 Å². The lowest BCUT2D eigenvalue weighted by atomic mass is 10.0. The second-order valence-corrected chi connectivity index (χ2v) is 11.3. The second kappa shape index (κ2) is 18.4. The van der Waals surface area contributed by atoms with E-state index in [0.29, 0.717) is 24.2 Å². The van der Waals surface area contributed by atoms with E-state index < -0.39 is 0 Å². The number of nitrogens with two attached hydrogens (primary N) is 2. The number of carbonyl (C=O) groups is 2. The van der Waals surface area contributed by atoms with Crippen LogP contribution in [0.3, 0.4) is 0 Å². The summed E-state index contributed by atoms with van der Waals surface area (Å²) in [6, 6.07) is 15.1. The van der Waals surface area contributed by atoms with Gasteiger partial charge in [-0.05, 0) is 60.6 Å². The van der Waals surface area contributed by atoms with Crippen LogP contribution >= 0.6 is 23.5 Å². The van der Waals surface area contributed by atoms with Crippen LogP contribution in [0.25, 0.3) is 0 Å². The topological polar surface area (TPSA) is 86.2 Å². The molecule has 192 valence electrons. The van der Waals surface area contributed by atoms with Crippen molar-refractivity contribution in [1.82, 2.24) is 0 Å². The van der Waals surface area contributed by atoms with Gasteiger partial charge in [-0.25, -0.2) is 0 Å². The van der Waals surface area contributed by atoms with Gasteiger partial charge >= 0.3 is 0 Å². The third-order valence-corrected chi connectivity index (χ3v) is 8.09. The van der Waals surface area contributed by atoms with Gasteiger partial charge in [-0.2, -0.15) is 0 Å². The smallest absolute Gasteiger partial charge is 0.193 e. The summed E-state index contributed by atoms with van der Waals surface area (Å²) in [6.07, 6.45) is 17.0. The Morgan fingerprint density at radius 3 is 1.09 bits per heavy atom. The van der Waals surface area contributed by atoms with E-state index in [2.05, 4.69) is 0 Å². The van der Waals surface area contributed by atoms with Crippen LogP contribution in [0.1, 0.15) is 96.3 Å². The predicted molar refractivity (Wildman–Crippen MR) is 153 cm³/mol. The zero-order valence-electron chi connectivity index (χ0n) is 21.0. The van der Waals surface area contributed by atoms with Gasteiger partial charge in [-0.15, -0.1) is 0 Å². The summed E-state index contributed by atoms with van der Waals surface area (Å²) in [6.45, 7) is 0. The van der Waals surface area contributed by atoms with Crippen LogP contribution in [0.4, 0.5) is 11.4 Å². The average molecular weight is 515 g/mol. The number of hydrogen-bond donors (Lipinski definition) is 2. The molecule has 0 saturated heterocycles. The quantitative estimate of drug-likeness (QED) is 0.118. The fourth-order valence-corrected chi connectivity index (χ4v) is 5.63.